The summed E-state index contributed by atoms with van der Waals surface area (Å²) >= 11 is 0. The average molecular weight is 341 g/mol. The van der Waals surface area contributed by atoms with Crippen LogP contribution in [0.5, 0.6) is 0 Å². The molecular formula is C19H27N5O. The van der Waals surface area contributed by atoms with Gasteiger partial charge in [-0.15, -0.1) is 0 Å². The first kappa shape index (κ1) is 17.5. The van der Waals surface area contributed by atoms with Crippen LogP contribution in [0.3, 0.4) is 0 Å². The Labute approximate surface area is 149 Å². The Morgan fingerprint density at radius 2 is 2.12 bits per heavy atom. The maximum atomic E-state index is 12.4. The highest BCUT2D eigenvalue weighted by atomic mass is 16.2. The summed E-state index contributed by atoms with van der Waals surface area (Å²) in [6.45, 7) is 6.60. The molecule has 0 radical (unpaired) electrons. The van der Waals surface area contributed by atoms with Gasteiger partial charge in [0, 0.05) is 31.2 Å². The molecule has 1 atom stereocenters. The number of hydrogen-bond acceptors (Lipinski definition) is 4. The van der Waals surface area contributed by atoms with Gasteiger partial charge in [0.05, 0.1) is 6.54 Å². The number of benzene rings is 1. The van der Waals surface area contributed by atoms with E-state index in [9.17, 15) is 4.79 Å². The smallest absolute Gasteiger partial charge is 0.224 e. The van der Waals surface area contributed by atoms with Crippen molar-refractivity contribution in [2.75, 3.05) is 18.4 Å². The number of piperidine rings is 1. The highest BCUT2D eigenvalue weighted by Gasteiger charge is 2.23. The first-order valence-electron chi connectivity index (χ1n) is 9.08. The molecule has 0 unspecified atom stereocenters. The van der Waals surface area contributed by atoms with Gasteiger partial charge in [-0.05, 0) is 36.5 Å². The summed E-state index contributed by atoms with van der Waals surface area (Å²) in [4.78, 5) is 18.3. The Kier molecular flexibility index (Phi) is 5.68. The molecule has 2 aromatic rings. The van der Waals surface area contributed by atoms with E-state index in [0.29, 0.717) is 24.9 Å². The van der Waals surface area contributed by atoms with Crippen molar-refractivity contribution in [3.05, 3.63) is 42.5 Å². The standard InChI is InChI=1S/C19H27N5O/c1-15(2)16-5-7-17(8-6-16)22-18-4-3-10-23(12-18)19(25)9-11-24-14-20-13-21-24/h5-8,13-15,18,22H,3-4,9-12H2,1-2H3/t18-/m0/s1. The van der Waals surface area contributed by atoms with E-state index in [4.69, 9.17) is 0 Å². The summed E-state index contributed by atoms with van der Waals surface area (Å²) in [5.74, 6) is 0.735. The molecule has 1 aromatic heterocycles. The van der Waals surface area contributed by atoms with Gasteiger partial charge in [-0.1, -0.05) is 26.0 Å². The largest absolute Gasteiger partial charge is 0.381 e. The van der Waals surface area contributed by atoms with E-state index in [1.165, 1.54) is 11.9 Å². The minimum atomic E-state index is 0.192. The number of amides is 1. The fourth-order valence-corrected chi connectivity index (χ4v) is 3.24. The molecule has 134 valence electrons. The minimum Gasteiger partial charge on any atom is -0.381 e. The van der Waals surface area contributed by atoms with Crippen molar-refractivity contribution in [3.63, 3.8) is 0 Å². The molecule has 6 nitrogen and oxygen atoms in total. The zero-order valence-corrected chi connectivity index (χ0v) is 15.1. The lowest BCUT2D eigenvalue weighted by Gasteiger charge is -2.34. The molecule has 2 heterocycles. The van der Waals surface area contributed by atoms with Crippen LogP contribution >= 0.6 is 0 Å². The van der Waals surface area contributed by atoms with Crippen LogP contribution in [0.25, 0.3) is 0 Å². The number of carbonyl (C=O) groups excluding carboxylic acids is 1. The normalized spacial score (nSPS) is 17.7. The van der Waals surface area contributed by atoms with Gasteiger partial charge in [0.15, 0.2) is 0 Å². The Hall–Kier alpha value is -2.37. The Balaban J connectivity index is 1.51. The number of hydrogen-bond donors (Lipinski definition) is 1. The summed E-state index contributed by atoms with van der Waals surface area (Å²) < 4.78 is 1.70. The van der Waals surface area contributed by atoms with Gasteiger partial charge in [-0.2, -0.15) is 5.10 Å². The van der Waals surface area contributed by atoms with E-state index in [2.05, 4.69) is 53.5 Å². The molecule has 1 N–H and O–H groups in total. The van der Waals surface area contributed by atoms with Crippen LogP contribution in [-0.4, -0.2) is 44.7 Å². The number of anilines is 1. The van der Waals surface area contributed by atoms with Gasteiger partial charge >= 0.3 is 0 Å². The van der Waals surface area contributed by atoms with E-state index in [0.717, 1.165) is 31.6 Å². The highest BCUT2D eigenvalue weighted by Crippen LogP contribution is 2.20. The lowest BCUT2D eigenvalue weighted by molar-refractivity contribution is -0.132. The first-order valence-corrected chi connectivity index (χ1v) is 9.08. The van der Waals surface area contributed by atoms with Crippen molar-refractivity contribution >= 4 is 11.6 Å². The Bertz CT molecular complexity index is 666. The second-order valence-corrected chi connectivity index (χ2v) is 7.01. The number of nitrogens with zero attached hydrogens (tertiary/aromatic N) is 4. The monoisotopic (exact) mass is 341 g/mol. The maximum absolute atomic E-state index is 12.4. The van der Waals surface area contributed by atoms with Crippen LogP contribution in [0.2, 0.25) is 0 Å². The highest BCUT2D eigenvalue weighted by molar-refractivity contribution is 5.76. The van der Waals surface area contributed by atoms with Crippen molar-refractivity contribution in [2.24, 2.45) is 0 Å². The second-order valence-electron chi connectivity index (χ2n) is 7.01. The number of likely N-dealkylation sites (tertiary alicyclic amines) is 1. The molecule has 1 aromatic carbocycles. The van der Waals surface area contributed by atoms with E-state index >= 15 is 0 Å². The number of aromatic nitrogens is 3. The van der Waals surface area contributed by atoms with Crippen LogP contribution in [-0.2, 0) is 11.3 Å². The molecule has 25 heavy (non-hydrogen) atoms. The lowest BCUT2D eigenvalue weighted by atomic mass is 10.0. The third-order valence-corrected chi connectivity index (χ3v) is 4.74. The van der Waals surface area contributed by atoms with Gasteiger partial charge < -0.3 is 10.2 Å². The van der Waals surface area contributed by atoms with Crippen molar-refractivity contribution in [1.29, 1.82) is 0 Å². The quantitative estimate of drug-likeness (QED) is 0.877. The van der Waals surface area contributed by atoms with Crippen LogP contribution < -0.4 is 5.32 Å². The Morgan fingerprint density at radius 3 is 2.80 bits per heavy atom. The van der Waals surface area contributed by atoms with Crippen LogP contribution in [0.4, 0.5) is 5.69 Å². The molecule has 1 aliphatic heterocycles. The predicted molar refractivity (Wildman–Crippen MR) is 98.4 cm³/mol. The van der Waals surface area contributed by atoms with Crippen molar-refractivity contribution < 1.29 is 4.79 Å². The molecule has 3 rings (SSSR count). The van der Waals surface area contributed by atoms with Crippen LogP contribution in [0.15, 0.2) is 36.9 Å². The van der Waals surface area contributed by atoms with E-state index < -0.39 is 0 Å². The van der Waals surface area contributed by atoms with Crippen molar-refractivity contribution in [1.82, 2.24) is 19.7 Å². The molecular weight excluding hydrogens is 314 g/mol. The molecule has 1 amide bonds. The van der Waals surface area contributed by atoms with Crippen molar-refractivity contribution in [2.45, 2.75) is 51.6 Å². The maximum Gasteiger partial charge on any atom is 0.224 e. The van der Waals surface area contributed by atoms with Gasteiger partial charge in [0.2, 0.25) is 5.91 Å². The van der Waals surface area contributed by atoms with Crippen LogP contribution in [0.1, 0.15) is 44.6 Å². The topological polar surface area (TPSA) is 63.1 Å². The summed E-state index contributed by atoms with van der Waals surface area (Å²) in [7, 11) is 0. The van der Waals surface area contributed by atoms with E-state index in [1.54, 1.807) is 11.0 Å². The SMILES string of the molecule is CC(C)c1ccc(N[C@H]2CCCN(C(=O)CCn3cncn3)C2)cc1. The summed E-state index contributed by atoms with van der Waals surface area (Å²) in [6, 6.07) is 8.95. The van der Waals surface area contributed by atoms with E-state index in [1.807, 2.05) is 4.90 Å². The zero-order valence-electron chi connectivity index (χ0n) is 15.1. The van der Waals surface area contributed by atoms with Gasteiger partial charge in [0.25, 0.3) is 0 Å². The second kappa shape index (κ2) is 8.14. The number of rotatable bonds is 6. The van der Waals surface area contributed by atoms with E-state index in [-0.39, 0.29) is 5.91 Å². The number of nitrogens with one attached hydrogen (secondary N) is 1. The molecule has 6 heteroatoms. The molecule has 0 saturated carbocycles. The lowest BCUT2D eigenvalue weighted by Crippen LogP contribution is -2.45. The fourth-order valence-electron chi connectivity index (χ4n) is 3.24. The molecule has 0 spiro atoms. The zero-order chi connectivity index (χ0) is 17.6. The third kappa shape index (κ3) is 4.81. The summed E-state index contributed by atoms with van der Waals surface area (Å²) in [6.07, 6.45) is 5.75. The van der Waals surface area contributed by atoms with Gasteiger partial charge in [-0.3, -0.25) is 9.48 Å². The number of aryl methyl sites for hydroxylation is 1. The van der Waals surface area contributed by atoms with Crippen molar-refractivity contribution in [3.8, 4) is 0 Å². The Morgan fingerprint density at radius 1 is 1.32 bits per heavy atom. The van der Waals surface area contributed by atoms with Gasteiger partial charge in [-0.25, -0.2) is 4.98 Å². The third-order valence-electron chi connectivity index (χ3n) is 4.74. The predicted octanol–water partition coefficient (Wildman–Crippen LogP) is 2.89. The molecule has 1 aliphatic rings. The minimum absolute atomic E-state index is 0.192. The fraction of sp³-hybridized carbons (Fsp3) is 0.526. The summed E-state index contributed by atoms with van der Waals surface area (Å²) in [5, 5.41) is 7.63. The molecule has 0 aliphatic carbocycles. The average Bonchev–Trinajstić information content (AvgIpc) is 3.14. The first-order chi connectivity index (χ1) is 12.1. The number of carbonyl (C=O) groups is 1. The molecule has 1 fully saturated rings. The summed E-state index contributed by atoms with van der Waals surface area (Å²) in [5.41, 5.74) is 2.48. The van der Waals surface area contributed by atoms with Gasteiger partial charge in [0.1, 0.15) is 12.7 Å². The molecule has 0 bridgehead atoms. The molecule has 1 saturated heterocycles. The van der Waals surface area contributed by atoms with Crippen LogP contribution in [0, 0.1) is 0 Å².